The number of carbonyl (C=O) groups excluding carboxylic acids is 3. The Kier molecular flexibility index (Phi) is 7.98. The largest absolute Gasteiger partial charge is 0.457 e. The van der Waals surface area contributed by atoms with Crippen molar-refractivity contribution in [3.63, 3.8) is 0 Å². The number of piperidine rings is 1. The molecule has 2 aromatic carbocycles. The quantitative estimate of drug-likeness (QED) is 0.265. The van der Waals surface area contributed by atoms with Gasteiger partial charge < -0.3 is 30.7 Å². The molecule has 0 radical (unpaired) electrons. The number of pyridine rings is 1. The molecular formula is C31H32N6O5S. The molecule has 4 heterocycles. The average Bonchev–Trinajstić information content (AvgIpc) is 3.38. The second kappa shape index (κ2) is 12.0. The van der Waals surface area contributed by atoms with Crippen molar-refractivity contribution in [3.05, 3.63) is 71.2 Å². The van der Waals surface area contributed by atoms with E-state index >= 15 is 0 Å². The number of likely N-dealkylation sites (tertiary alicyclic amines) is 1. The highest BCUT2D eigenvalue weighted by molar-refractivity contribution is 7.21. The second-order valence-corrected chi connectivity index (χ2v) is 11.6. The molecule has 0 unspecified atom stereocenters. The number of amides is 4. The molecule has 2 aromatic heterocycles. The molecule has 2 aliphatic rings. The molecule has 11 nitrogen and oxygen atoms in total. The number of benzene rings is 2. The second-order valence-electron chi connectivity index (χ2n) is 10.6. The Morgan fingerprint density at radius 3 is 2.74 bits per heavy atom. The molecule has 4 N–H and O–H groups in total. The maximum Gasteiger partial charge on any atom is 0.331 e. The van der Waals surface area contributed by atoms with Crippen LogP contribution in [0.4, 0.5) is 21.9 Å². The van der Waals surface area contributed by atoms with Crippen molar-refractivity contribution in [2.75, 3.05) is 37.0 Å². The van der Waals surface area contributed by atoms with E-state index in [4.69, 9.17) is 15.2 Å². The van der Waals surface area contributed by atoms with Crippen molar-refractivity contribution in [1.29, 1.82) is 0 Å². The zero-order chi connectivity index (χ0) is 30.1. The van der Waals surface area contributed by atoms with Gasteiger partial charge in [0.05, 0.1) is 29.1 Å². The third kappa shape index (κ3) is 5.64. The van der Waals surface area contributed by atoms with Crippen LogP contribution in [0.3, 0.4) is 0 Å². The summed E-state index contributed by atoms with van der Waals surface area (Å²) in [5.74, 6) is 0.853. The summed E-state index contributed by atoms with van der Waals surface area (Å²) in [4.78, 5) is 48.6. The van der Waals surface area contributed by atoms with E-state index in [1.54, 1.807) is 22.1 Å². The van der Waals surface area contributed by atoms with Crippen molar-refractivity contribution < 1.29 is 23.9 Å². The van der Waals surface area contributed by atoms with E-state index in [0.29, 0.717) is 51.0 Å². The van der Waals surface area contributed by atoms with Gasteiger partial charge in [0.25, 0.3) is 5.91 Å². The van der Waals surface area contributed by atoms with Gasteiger partial charge in [-0.3, -0.25) is 14.5 Å². The first-order valence-corrected chi connectivity index (χ1v) is 14.9. The van der Waals surface area contributed by atoms with Crippen LogP contribution in [-0.2, 0) is 9.53 Å². The summed E-state index contributed by atoms with van der Waals surface area (Å²) in [6.45, 7) is 2.99. The Bertz CT molecular complexity index is 1690. The van der Waals surface area contributed by atoms with Gasteiger partial charge in [-0.2, -0.15) is 0 Å². The van der Waals surface area contributed by atoms with Gasteiger partial charge in [-0.25, -0.2) is 9.78 Å². The highest BCUT2D eigenvalue weighted by Crippen LogP contribution is 2.46. The molecule has 4 amide bonds. The summed E-state index contributed by atoms with van der Waals surface area (Å²) >= 11 is 1.22. The third-order valence-electron chi connectivity index (χ3n) is 7.57. The van der Waals surface area contributed by atoms with Crippen LogP contribution in [0.1, 0.15) is 28.1 Å². The van der Waals surface area contributed by atoms with Crippen LogP contribution in [0.2, 0.25) is 0 Å². The number of thiophene rings is 1. The van der Waals surface area contributed by atoms with E-state index in [9.17, 15) is 14.4 Å². The molecule has 0 saturated carbocycles. The van der Waals surface area contributed by atoms with E-state index in [-0.39, 0.29) is 30.5 Å². The van der Waals surface area contributed by atoms with Crippen LogP contribution in [-0.4, -0.2) is 66.6 Å². The molecule has 43 heavy (non-hydrogen) atoms. The lowest BCUT2D eigenvalue weighted by molar-refractivity contribution is -0.135. The van der Waals surface area contributed by atoms with Crippen molar-refractivity contribution in [2.24, 2.45) is 5.73 Å². The van der Waals surface area contributed by atoms with Crippen molar-refractivity contribution >= 4 is 56.5 Å². The van der Waals surface area contributed by atoms with Crippen LogP contribution in [0.5, 0.6) is 11.5 Å². The molecule has 1 saturated heterocycles. The Balaban J connectivity index is 1.25. The number of rotatable bonds is 8. The molecule has 0 spiro atoms. The summed E-state index contributed by atoms with van der Waals surface area (Å²) in [6.07, 6.45) is 3.10. The fourth-order valence-corrected chi connectivity index (χ4v) is 6.60. The number of nitrogens with two attached hydrogens (primary N) is 1. The number of anilines is 3. The number of methoxy groups -OCH3 is 1. The van der Waals surface area contributed by atoms with Crippen LogP contribution < -0.4 is 26.0 Å². The lowest BCUT2D eigenvalue weighted by Gasteiger charge is -2.34. The van der Waals surface area contributed by atoms with Gasteiger partial charge in [0.2, 0.25) is 5.91 Å². The zero-order valence-corrected chi connectivity index (χ0v) is 24.6. The van der Waals surface area contributed by atoms with Crippen molar-refractivity contribution in [3.8, 4) is 11.5 Å². The molecule has 4 aromatic rings. The summed E-state index contributed by atoms with van der Waals surface area (Å²) in [6, 6.07) is 15.4. The fraction of sp³-hybridized carbons (Fsp3) is 0.290. The molecule has 1 fully saturated rings. The molecule has 2 atom stereocenters. The average molecular weight is 601 g/mol. The Hall–Kier alpha value is -4.52. The minimum Gasteiger partial charge on any atom is -0.457 e. The Morgan fingerprint density at radius 2 is 1.98 bits per heavy atom. The number of aromatic nitrogens is 1. The molecule has 2 aliphatic heterocycles. The monoisotopic (exact) mass is 600 g/mol. The number of ether oxygens (including phenoxy) is 2. The predicted octanol–water partition coefficient (Wildman–Crippen LogP) is 4.78. The van der Waals surface area contributed by atoms with Gasteiger partial charge in [-0.1, -0.05) is 18.2 Å². The lowest BCUT2D eigenvalue weighted by atomic mass is 10.0. The first kappa shape index (κ1) is 28.6. The fourth-order valence-electron chi connectivity index (χ4n) is 5.58. The minimum absolute atomic E-state index is 0.134. The highest BCUT2D eigenvalue weighted by Gasteiger charge is 2.34. The van der Waals surface area contributed by atoms with Gasteiger partial charge in [0.15, 0.2) is 0 Å². The summed E-state index contributed by atoms with van der Waals surface area (Å²) in [5, 5.41) is 6.71. The van der Waals surface area contributed by atoms with Crippen LogP contribution >= 0.6 is 11.3 Å². The highest BCUT2D eigenvalue weighted by atomic mass is 32.1. The van der Waals surface area contributed by atoms with E-state index < -0.39 is 6.04 Å². The van der Waals surface area contributed by atoms with E-state index in [1.165, 1.54) is 18.4 Å². The number of hydrogen-bond donors (Lipinski definition) is 3. The number of carbonyl (C=O) groups is 3. The Morgan fingerprint density at radius 1 is 1.16 bits per heavy atom. The summed E-state index contributed by atoms with van der Waals surface area (Å²) < 4.78 is 11.0. The number of nitrogens with one attached hydrogen (secondary N) is 2. The molecule has 6 rings (SSSR count). The normalized spacial score (nSPS) is 17.0. The SMILES string of the molecule is COC[C@@H](N)C(=O)N1CCC[C@@H](NC(=O)c2sc3nccc4c3c2NC(=O)N4c2ccc(Oc3ccccc3)cc2C)C1. The van der Waals surface area contributed by atoms with Crippen molar-refractivity contribution in [1.82, 2.24) is 15.2 Å². The van der Waals surface area contributed by atoms with Crippen molar-refractivity contribution in [2.45, 2.75) is 31.8 Å². The molecular weight excluding hydrogens is 568 g/mol. The number of para-hydroxylation sites is 1. The predicted molar refractivity (Wildman–Crippen MR) is 165 cm³/mol. The number of nitrogens with zero attached hydrogens (tertiary/aromatic N) is 3. The van der Waals surface area contributed by atoms with Gasteiger partial charge in [0.1, 0.15) is 27.2 Å². The minimum atomic E-state index is -0.745. The number of hydrogen-bond acceptors (Lipinski definition) is 8. The topological polar surface area (TPSA) is 139 Å². The number of aryl methyl sites for hydroxylation is 1. The van der Waals surface area contributed by atoms with Crippen LogP contribution in [0.15, 0.2) is 60.8 Å². The Labute approximate surface area is 252 Å². The maximum absolute atomic E-state index is 13.6. The summed E-state index contributed by atoms with van der Waals surface area (Å²) in [7, 11) is 1.50. The third-order valence-corrected chi connectivity index (χ3v) is 8.67. The van der Waals surface area contributed by atoms with E-state index in [1.807, 2.05) is 55.5 Å². The lowest BCUT2D eigenvalue weighted by Crippen LogP contribution is -2.54. The molecule has 0 bridgehead atoms. The maximum atomic E-state index is 13.6. The summed E-state index contributed by atoms with van der Waals surface area (Å²) in [5.41, 5.74) is 8.56. The first-order valence-electron chi connectivity index (χ1n) is 14.0. The molecule has 222 valence electrons. The zero-order valence-electron chi connectivity index (χ0n) is 23.8. The smallest absolute Gasteiger partial charge is 0.331 e. The number of urea groups is 1. The van der Waals surface area contributed by atoms with Crippen LogP contribution in [0.25, 0.3) is 10.2 Å². The van der Waals surface area contributed by atoms with E-state index in [2.05, 4.69) is 15.6 Å². The van der Waals surface area contributed by atoms with Gasteiger partial charge in [-0.05, 0) is 61.7 Å². The molecule has 12 heteroatoms. The first-order chi connectivity index (χ1) is 20.8. The van der Waals surface area contributed by atoms with Gasteiger partial charge in [0, 0.05) is 32.4 Å². The van der Waals surface area contributed by atoms with Gasteiger partial charge in [-0.15, -0.1) is 11.3 Å². The standard InChI is InChI=1S/C31H32N6O5S/c1-18-15-21(42-20-8-4-3-5-9-20)10-11-23(18)37-24-12-13-33-29-25(24)26(35-31(37)40)27(43-29)28(38)34-19-7-6-14-36(16-19)30(39)22(32)17-41-2/h3-5,8-13,15,19,22H,6-7,14,16-17,32H2,1-2H3,(H,34,38)(H,35,40)/t19-,22-/m1/s1. The molecule has 0 aliphatic carbocycles. The van der Waals surface area contributed by atoms with Gasteiger partial charge >= 0.3 is 6.03 Å². The van der Waals surface area contributed by atoms with Crippen LogP contribution in [0, 0.1) is 6.92 Å². The van der Waals surface area contributed by atoms with E-state index in [0.717, 1.165) is 24.2 Å².